The Morgan fingerprint density at radius 1 is 1.85 bits per heavy atom. The average molecular weight is 200 g/mol. The van der Waals surface area contributed by atoms with Crippen LogP contribution in [0.1, 0.15) is 16.6 Å². The van der Waals surface area contributed by atoms with Gasteiger partial charge in [0.05, 0.1) is 11.1 Å². The summed E-state index contributed by atoms with van der Waals surface area (Å²) in [5, 5.41) is 11.6. The van der Waals surface area contributed by atoms with Crippen LogP contribution in [0.3, 0.4) is 0 Å². The molecule has 0 aromatic carbocycles. The lowest BCUT2D eigenvalue weighted by molar-refractivity contribution is -0.137. The second-order valence-corrected chi connectivity index (χ2v) is 3.45. The lowest BCUT2D eigenvalue weighted by Gasteiger charge is -2.05. The summed E-state index contributed by atoms with van der Waals surface area (Å²) in [6, 6.07) is -0.703. The first-order chi connectivity index (χ1) is 6.13. The maximum atomic E-state index is 10.4. The number of carbonyl (C=O) groups excluding carboxylic acids is 1. The van der Waals surface area contributed by atoms with Gasteiger partial charge >= 0.3 is 5.97 Å². The van der Waals surface area contributed by atoms with Crippen LogP contribution >= 0.6 is 11.3 Å². The summed E-state index contributed by atoms with van der Waals surface area (Å²) in [5.41, 5.74) is 0. The van der Waals surface area contributed by atoms with E-state index in [2.05, 4.69) is 10.3 Å². The van der Waals surface area contributed by atoms with Crippen LogP contribution in [0.15, 0.2) is 6.20 Å². The van der Waals surface area contributed by atoms with Crippen molar-refractivity contribution >= 4 is 28.7 Å². The normalized spacial score (nSPS) is 12.1. The van der Waals surface area contributed by atoms with E-state index in [0.717, 1.165) is 11.3 Å². The molecule has 1 atom stereocenters. The van der Waals surface area contributed by atoms with Crippen LogP contribution in [0.5, 0.6) is 0 Å². The van der Waals surface area contributed by atoms with E-state index in [1.165, 1.54) is 13.1 Å². The zero-order valence-electron chi connectivity index (χ0n) is 6.85. The predicted molar refractivity (Wildman–Crippen MR) is 48.2 cm³/mol. The molecule has 1 aromatic heterocycles. The van der Waals surface area contributed by atoms with Gasteiger partial charge in [0.25, 0.3) is 0 Å². The monoisotopic (exact) mass is 200 g/mol. The highest BCUT2D eigenvalue weighted by molar-refractivity contribution is 7.17. The molecular weight excluding hydrogens is 192 g/mol. The number of hydrogen-bond acceptors (Lipinski definition) is 5. The number of nitrogens with one attached hydrogen (secondary N) is 1. The molecule has 6 heteroatoms. The van der Waals surface area contributed by atoms with E-state index in [4.69, 9.17) is 5.11 Å². The quantitative estimate of drug-likeness (QED) is 0.704. The highest BCUT2D eigenvalue weighted by Gasteiger charge is 2.11. The second-order valence-electron chi connectivity index (χ2n) is 2.39. The van der Waals surface area contributed by atoms with Crippen molar-refractivity contribution in [1.82, 2.24) is 4.98 Å². The molecule has 1 rings (SSSR count). The van der Waals surface area contributed by atoms with Gasteiger partial charge in [-0.15, -0.1) is 0 Å². The summed E-state index contributed by atoms with van der Waals surface area (Å²) < 4.78 is 0. The molecule has 70 valence electrons. The Labute approximate surface area is 78.4 Å². The molecule has 0 bridgehead atoms. The Bertz CT molecular complexity index is 323. The molecule has 1 heterocycles. The van der Waals surface area contributed by atoms with Gasteiger partial charge < -0.3 is 10.4 Å². The van der Waals surface area contributed by atoms with Crippen molar-refractivity contribution in [3.63, 3.8) is 0 Å². The van der Waals surface area contributed by atoms with Crippen molar-refractivity contribution in [2.45, 2.75) is 13.0 Å². The van der Waals surface area contributed by atoms with Crippen LogP contribution in [0.2, 0.25) is 0 Å². The molecular formula is C7H8N2O3S. The van der Waals surface area contributed by atoms with Crippen LogP contribution in [-0.4, -0.2) is 28.4 Å². The molecule has 0 aliphatic carbocycles. The summed E-state index contributed by atoms with van der Waals surface area (Å²) in [7, 11) is 0. The molecule has 0 saturated heterocycles. The van der Waals surface area contributed by atoms with Crippen molar-refractivity contribution in [3.8, 4) is 0 Å². The van der Waals surface area contributed by atoms with Gasteiger partial charge in [0.15, 0.2) is 11.4 Å². The number of anilines is 1. The first-order valence-electron chi connectivity index (χ1n) is 3.54. The molecule has 0 aliphatic rings. The minimum absolute atomic E-state index is 0.442. The van der Waals surface area contributed by atoms with Gasteiger partial charge in [0.1, 0.15) is 6.04 Å². The first kappa shape index (κ1) is 9.66. The molecule has 0 spiro atoms. The van der Waals surface area contributed by atoms with E-state index in [0.29, 0.717) is 16.3 Å². The van der Waals surface area contributed by atoms with Crippen LogP contribution < -0.4 is 5.32 Å². The average Bonchev–Trinajstić information content (AvgIpc) is 2.52. The van der Waals surface area contributed by atoms with Gasteiger partial charge in [-0.1, -0.05) is 11.3 Å². The number of carboxylic acids is 1. The van der Waals surface area contributed by atoms with Gasteiger partial charge in [-0.05, 0) is 6.92 Å². The highest BCUT2D eigenvalue weighted by atomic mass is 32.1. The van der Waals surface area contributed by atoms with Gasteiger partial charge in [-0.2, -0.15) is 0 Å². The lowest BCUT2D eigenvalue weighted by Crippen LogP contribution is -2.25. The molecule has 0 radical (unpaired) electrons. The Balaban J connectivity index is 2.63. The largest absolute Gasteiger partial charge is 0.480 e. The predicted octanol–water partition coefficient (Wildman–Crippen LogP) is 0.841. The Morgan fingerprint density at radius 3 is 3.00 bits per heavy atom. The number of aliphatic carboxylic acids is 1. The Kier molecular flexibility index (Phi) is 2.97. The lowest BCUT2D eigenvalue weighted by atomic mass is 10.4. The van der Waals surface area contributed by atoms with E-state index in [9.17, 15) is 9.59 Å². The SMILES string of the molecule is C[C@H](Nc1ncc(C=O)s1)C(=O)O. The van der Waals surface area contributed by atoms with E-state index >= 15 is 0 Å². The molecule has 2 N–H and O–H groups in total. The van der Waals surface area contributed by atoms with Crippen molar-refractivity contribution < 1.29 is 14.7 Å². The number of carboxylic acid groups (broad SMARTS) is 1. The summed E-state index contributed by atoms with van der Waals surface area (Å²) >= 11 is 1.12. The molecule has 1 aromatic rings. The molecule has 0 amide bonds. The van der Waals surface area contributed by atoms with Gasteiger partial charge in [-0.3, -0.25) is 9.59 Å². The summed E-state index contributed by atoms with van der Waals surface area (Å²) in [4.78, 5) is 25.0. The van der Waals surface area contributed by atoms with Crippen molar-refractivity contribution in [1.29, 1.82) is 0 Å². The Morgan fingerprint density at radius 2 is 2.54 bits per heavy atom. The highest BCUT2D eigenvalue weighted by Crippen LogP contribution is 2.16. The third-order valence-corrected chi connectivity index (χ3v) is 2.20. The summed E-state index contributed by atoms with van der Waals surface area (Å²) in [6.45, 7) is 1.50. The zero-order valence-corrected chi connectivity index (χ0v) is 7.67. The zero-order chi connectivity index (χ0) is 9.84. The van der Waals surface area contributed by atoms with E-state index in [-0.39, 0.29) is 0 Å². The first-order valence-corrected chi connectivity index (χ1v) is 4.35. The smallest absolute Gasteiger partial charge is 0.325 e. The third kappa shape index (κ3) is 2.51. The van der Waals surface area contributed by atoms with Gasteiger partial charge in [-0.25, -0.2) is 4.98 Å². The molecule has 0 saturated carbocycles. The van der Waals surface area contributed by atoms with E-state index < -0.39 is 12.0 Å². The number of carbonyl (C=O) groups is 2. The third-order valence-electron chi connectivity index (χ3n) is 1.35. The fraction of sp³-hybridized carbons (Fsp3) is 0.286. The van der Waals surface area contributed by atoms with E-state index in [1.54, 1.807) is 0 Å². The number of nitrogens with zero attached hydrogens (tertiary/aromatic N) is 1. The maximum Gasteiger partial charge on any atom is 0.325 e. The van der Waals surface area contributed by atoms with Crippen LogP contribution in [0.25, 0.3) is 0 Å². The number of thiazole rings is 1. The second kappa shape index (κ2) is 3.99. The maximum absolute atomic E-state index is 10.4. The topological polar surface area (TPSA) is 79.3 Å². The number of aromatic nitrogens is 1. The summed E-state index contributed by atoms with van der Waals surface area (Å²) in [6.07, 6.45) is 2.07. The minimum atomic E-state index is -0.956. The summed E-state index contributed by atoms with van der Waals surface area (Å²) in [5.74, 6) is -0.956. The fourth-order valence-corrected chi connectivity index (χ4v) is 1.37. The van der Waals surface area contributed by atoms with Gasteiger partial charge in [0, 0.05) is 0 Å². The van der Waals surface area contributed by atoms with Crippen LogP contribution in [0, 0.1) is 0 Å². The van der Waals surface area contributed by atoms with Crippen molar-refractivity contribution in [3.05, 3.63) is 11.1 Å². The Hall–Kier alpha value is -1.43. The van der Waals surface area contributed by atoms with Gasteiger partial charge in [0.2, 0.25) is 0 Å². The fourth-order valence-electron chi connectivity index (χ4n) is 0.655. The van der Waals surface area contributed by atoms with Crippen molar-refractivity contribution in [2.75, 3.05) is 5.32 Å². The molecule has 0 aliphatic heterocycles. The number of rotatable bonds is 4. The molecule has 0 fully saturated rings. The number of hydrogen-bond donors (Lipinski definition) is 2. The molecule has 5 nitrogen and oxygen atoms in total. The van der Waals surface area contributed by atoms with E-state index in [1.807, 2.05) is 0 Å². The standard InChI is InChI=1S/C7H8N2O3S/c1-4(6(11)12)9-7-8-2-5(3-10)13-7/h2-4H,1H3,(H,8,9)(H,11,12)/t4-/m0/s1. The minimum Gasteiger partial charge on any atom is -0.480 e. The van der Waals surface area contributed by atoms with Crippen LogP contribution in [-0.2, 0) is 4.79 Å². The van der Waals surface area contributed by atoms with Crippen molar-refractivity contribution in [2.24, 2.45) is 0 Å². The van der Waals surface area contributed by atoms with Crippen LogP contribution in [0.4, 0.5) is 5.13 Å². The molecule has 13 heavy (non-hydrogen) atoms. The number of aldehydes is 1. The molecule has 0 unspecified atom stereocenters.